The minimum Gasteiger partial charge on any atom is -0.465 e. The number of carbonyl (C=O) groups is 1. The number of rotatable bonds is 4. The van der Waals surface area contributed by atoms with Crippen LogP contribution in [0.2, 0.25) is 0 Å². The molecule has 0 atom stereocenters. The Morgan fingerprint density at radius 3 is 2.62 bits per heavy atom. The maximum atomic E-state index is 11.6. The summed E-state index contributed by atoms with van der Waals surface area (Å²) in [4.78, 5) is 23.6. The van der Waals surface area contributed by atoms with Crippen LogP contribution < -0.4 is 4.74 Å². The van der Waals surface area contributed by atoms with Gasteiger partial charge in [0.05, 0.1) is 23.7 Å². The van der Waals surface area contributed by atoms with Crippen LogP contribution in [0, 0.1) is 0 Å². The lowest BCUT2D eigenvalue weighted by molar-refractivity contribution is 0.0600. The second-order valence-electron chi connectivity index (χ2n) is 5.60. The molecule has 6 heteroatoms. The van der Waals surface area contributed by atoms with E-state index in [0.29, 0.717) is 17.2 Å². The molecule has 1 N–H and O–H groups in total. The zero-order chi connectivity index (χ0) is 17.9. The number of carbonyl (C=O) groups excluding carboxylic acids is 1. The van der Waals surface area contributed by atoms with Crippen molar-refractivity contribution >= 4 is 17.0 Å². The normalized spacial score (nSPS) is 10.7. The predicted molar refractivity (Wildman–Crippen MR) is 97.2 cm³/mol. The molecule has 2 heterocycles. The van der Waals surface area contributed by atoms with E-state index in [1.54, 1.807) is 12.1 Å². The van der Waals surface area contributed by atoms with E-state index in [1.165, 1.54) is 13.3 Å². The number of H-pyrrole nitrogens is 1. The number of nitrogens with zero attached hydrogens (tertiary/aromatic N) is 2. The highest BCUT2D eigenvalue weighted by Crippen LogP contribution is 2.25. The summed E-state index contributed by atoms with van der Waals surface area (Å²) in [6.45, 7) is 0. The van der Waals surface area contributed by atoms with E-state index in [-0.39, 0.29) is 0 Å². The Bertz CT molecular complexity index is 1040. The molecule has 128 valence electrons. The minimum absolute atomic E-state index is 0.324. The van der Waals surface area contributed by atoms with Gasteiger partial charge in [0.1, 0.15) is 11.6 Å². The molecule has 0 bridgehead atoms. The van der Waals surface area contributed by atoms with Crippen molar-refractivity contribution < 1.29 is 14.3 Å². The fraction of sp³-hybridized carbons (Fsp3) is 0.0500. The van der Waals surface area contributed by atoms with Gasteiger partial charge in [-0.3, -0.25) is 0 Å². The molecule has 0 radical (unpaired) electrons. The highest BCUT2D eigenvalue weighted by atomic mass is 16.5. The number of methoxy groups -OCH3 is 1. The number of imidazole rings is 1. The zero-order valence-electron chi connectivity index (χ0n) is 14.0. The largest absolute Gasteiger partial charge is 0.465 e. The number of hydrogen-bond acceptors (Lipinski definition) is 5. The van der Waals surface area contributed by atoms with Crippen LogP contribution >= 0.6 is 0 Å². The highest BCUT2D eigenvalue weighted by Gasteiger charge is 2.09. The molecule has 0 saturated carbocycles. The fourth-order valence-electron chi connectivity index (χ4n) is 2.60. The number of aromatic nitrogens is 3. The number of nitrogens with one attached hydrogen (secondary N) is 1. The van der Waals surface area contributed by atoms with Crippen molar-refractivity contribution in [2.75, 3.05) is 7.11 Å². The van der Waals surface area contributed by atoms with Crippen LogP contribution in [-0.2, 0) is 4.74 Å². The van der Waals surface area contributed by atoms with Crippen molar-refractivity contribution in [2.24, 2.45) is 0 Å². The summed E-state index contributed by atoms with van der Waals surface area (Å²) >= 11 is 0. The summed E-state index contributed by atoms with van der Waals surface area (Å²) in [5.74, 6) is 1.30. The van der Waals surface area contributed by atoms with Gasteiger partial charge >= 0.3 is 5.97 Å². The first-order chi connectivity index (χ1) is 12.7. The van der Waals surface area contributed by atoms with Gasteiger partial charge in [-0.25, -0.2) is 14.8 Å². The van der Waals surface area contributed by atoms with E-state index in [0.717, 1.165) is 22.4 Å². The number of para-hydroxylation sites is 2. The molecule has 2 aromatic carbocycles. The number of esters is 1. The molecular formula is C20H15N3O3. The van der Waals surface area contributed by atoms with E-state index < -0.39 is 5.97 Å². The number of hydrogen-bond donors (Lipinski definition) is 1. The topological polar surface area (TPSA) is 77.1 Å². The van der Waals surface area contributed by atoms with Crippen LogP contribution in [0.15, 0.2) is 66.9 Å². The van der Waals surface area contributed by atoms with Gasteiger partial charge in [0.25, 0.3) is 0 Å². The van der Waals surface area contributed by atoms with E-state index in [2.05, 4.69) is 15.0 Å². The fourth-order valence-corrected chi connectivity index (χ4v) is 2.60. The Balaban J connectivity index is 1.55. The molecule has 0 aliphatic carbocycles. The van der Waals surface area contributed by atoms with Gasteiger partial charge < -0.3 is 14.5 Å². The predicted octanol–water partition coefficient (Wildman–Crippen LogP) is 4.20. The molecule has 0 aliphatic heterocycles. The third kappa shape index (κ3) is 3.12. The summed E-state index contributed by atoms with van der Waals surface area (Å²) in [5.41, 5.74) is 3.25. The van der Waals surface area contributed by atoms with Gasteiger partial charge in [-0.2, -0.15) is 0 Å². The second kappa shape index (κ2) is 6.68. The molecule has 6 nitrogen and oxygen atoms in total. The van der Waals surface area contributed by atoms with Crippen molar-refractivity contribution in [1.29, 1.82) is 0 Å². The summed E-state index contributed by atoms with van der Waals surface area (Å²) < 4.78 is 10.4. The van der Waals surface area contributed by atoms with Crippen LogP contribution in [-0.4, -0.2) is 28.0 Å². The molecule has 0 spiro atoms. The average molecular weight is 345 g/mol. The Morgan fingerprint density at radius 1 is 1.04 bits per heavy atom. The van der Waals surface area contributed by atoms with E-state index in [9.17, 15) is 4.79 Å². The molecule has 4 aromatic rings. The third-order valence-electron chi connectivity index (χ3n) is 3.90. The average Bonchev–Trinajstić information content (AvgIpc) is 3.12. The maximum absolute atomic E-state index is 11.6. The number of benzene rings is 2. The summed E-state index contributed by atoms with van der Waals surface area (Å²) in [6.07, 6.45) is 1.50. The molecule has 0 aliphatic rings. The number of pyridine rings is 1. The first-order valence-electron chi connectivity index (χ1n) is 8.00. The molecule has 26 heavy (non-hydrogen) atoms. The van der Waals surface area contributed by atoms with Gasteiger partial charge in [-0.1, -0.05) is 12.1 Å². The lowest BCUT2D eigenvalue weighted by Crippen LogP contribution is -2.01. The molecule has 2 aromatic heterocycles. The maximum Gasteiger partial charge on any atom is 0.338 e. The minimum atomic E-state index is -0.433. The number of fused-ring (bicyclic) bond motifs is 1. The van der Waals surface area contributed by atoms with Crippen molar-refractivity contribution in [3.63, 3.8) is 0 Å². The van der Waals surface area contributed by atoms with Gasteiger partial charge in [0.2, 0.25) is 5.88 Å². The van der Waals surface area contributed by atoms with Gasteiger partial charge in [0.15, 0.2) is 0 Å². The van der Waals surface area contributed by atoms with Gasteiger partial charge in [-0.15, -0.1) is 0 Å². The smallest absolute Gasteiger partial charge is 0.338 e. The monoisotopic (exact) mass is 345 g/mol. The van der Waals surface area contributed by atoms with Crippen molar-refractivity contribution in [1.82, 2.24) is 15.0 Å². The van der Waals surface area contributed by atoms with Crippen molar-refractivity contribution in [3.05, 3.63) is 72.4 Å². The number of ether oxygens (including phenoxy) is 2. The van der Waals surface area contributed by atoms with E-state index >= 15 is 0 Å². The Kier molecular flexibility index (Phi) is 4.07. The highest BCUT2D eigenvalue weighted by molar-refractivity contribution is 5.89. The van der Waals surface area contributed by atoms with Gasteiger partial charge in [-0.05, 0) is 42.5 Å². The summed E-state index contributed by atoms with van der Waals surface area (Å²) in [5, 5.41) is 0. The van der Waals surface area contributed by atoms with E-state index in [1.807, 2.05) is 48.5 Å². The molecule has 0 fully saturated rings. The SMILES string of the molecule is COC(=O)c1ccnc(Oc2ccc(-c3nc4ccccc4[nH]3)cc2)c1. The summed E-state index contributed by atoms with van der Waals surface area (Å²) in [6, 6.07) is 18.5. The quantitative estimate of drug-likeness (QED) is 0.561. The van der Waals surface area contributed by atoms with Crippen molar-refractivity contribution in [2.45, 2.75) is 0 Å². The van der Waals surface area contributed by atoms with Crippen LogP contribution in [0.1, 0.15) is 10.4 Å². The molecule has 0 amide bonds. The van der Waals surface area contributed by atoms with E-state index in [4.69, 9.17) is 9.47 Å². The van der Waals surface area contributed by atoms with Crippen LogP contribution in [0.5, 0.6) is 11.6 Å². The second-order valence-corrected chi connectivity index (χ2v) is 5.60. The number of aromatic amines is 1. The first kappa shape index (κ1) is 15.8. The first-order valence-corrected chi connectivity index (χ1v) is 8.00. The molecule has 0 saturated heterocycles. The van der Waals surface area contributed by atoms with Crippen LogP contribution in [0.4, 0.5) is 0 Å². The third-order valence-corrected chi connectivity index (χ3v) is 3.90. The lowest BCUT2D eigenvalue weighted by Gasteiger charge is -2.06. The summed E-state index contributed by atoms with van der Waals surface area (Å²) in [7, 11) is 1.33. The lowest BCUT2D eigenvalue weighted by atomic mass is 10.2. The molecule has 0 unspecified atom stereocenters. The Labute approximate surface area is 149 Å². The molecular weight excluding hydrogens is 330 g/mol. The van der Waals surface area contributed by atoms with Gasteiger partial charge in [0, 0.05) is 17.8 Å². The Hall–Kier alpha value is -3.67. The van der Waals surface area contributed by atoms with Crippen molar-refractivity contribution in [3.8, 4) is 23.0 Å². The Morgan fingerprint density at radius 2 is 1.85 bits per heavy atom. The van der Waals surface area contributed by atoms with Crippen LogP contribution in [0.3, 0.4) is 0 Å². The molecule has 4 rings (SSSR count). The van der Waals surface area contributed by atoms with Crippen LogP contribution in [0.25, 0.3) is 22.4 Å². The zero-order valence-corrected chi connectivity index (χ0v) is 14.0. The standard InChI is InChI=1S/C20H15N3O3/c1-25-20(24)14-10-11-21-18(12-14)26-15-8-6-13(7-9-15)19-22-16-4-2-3-5-17(16)23-19/h2-12H,1H3,(H,22,23).